The van der Waals surface area contributed by atoms with Crippen LogP contribution >= 0.6 is 0 Å². The summed E-state index contributed by atoms with van der Waals surface area (Å²) in [5.74, 6) is 1.30. The molecule has 19 heavy (non-hydrogen) atoms. The molecular formula is C15H25N3O. The quantitative estimate of drug-likeness (QED) is 0.552. The number of aliphatic imine (C=N–C) groups is 1. The molecular weight excluding hydrogens is 238 g/mol. The van der Waals surface area contributed by atoms with Crippen LogP contribution in [0.1, 0.15) is 47.0 Å². The monoisotopic (exact) mass is 263 g/mol. The maximum absolute atomic E-state index is 5.72. The van der Waals surface area contributed by atoms with Crippen molar-refractivity contribution >= 4 is 17.1 Å². The summed E-state index contributed by atoms with van der Waals surface area (Å²) in [5, 5.41) is 8.64. The van der Waals surface area contributed by atoms with Gasteiger partial charge in [-0.1, -0.05) is 13.8 Å². The number of allylic oxidation sites excluding steroid dienone is 2. The van der Waals surface area contributed by atoms with Gasteiger partial charge in [0.25, 0.3) is 0 Å². The molecule has 0 spiro atoms. The summed E-state index contributed by atoms with van der Waals surface area (Å²) < 4.78 is 5.72. The summed E-state index contributed by atoms with van der Waals surface area (Å²) in [5.41, 5.74) is 3.04. The first-order chi connectivity index (χ1) is 9.12. The minimum absolute atomic E-state index is 0.481. The summed E-state index contributed by atoms with van der Waals surface area (Å²) in [4.78, 5) is 4.25. The zero-order chi connectivity index (χ0) is 14.3. The van der Waals surface area contributed by atoms with E-state index in [4.69, 9.17) is 4.74 Å². The lowest BCUT2D eigenvalue weighted by Gasteiger charge is -2.11. The van der Waals surface area contributed by atoms with Gasteiger partial charge in [0.15, 0.2) is 0 Å². The first kappa shape index (κ1) is 15.6. The molecule has 0 aromatic carbocycles. The highest BCUT2D eigenvalue weighted by Crippen LogP contribution is 2.18. The van der Waals surface area contributed by atoms with Gasteiger partial charge < -0.3 is 4.74 Å². The summed E-state index contributed by atoms with van der Waals surface area (Å²) in [6.45, 7) is 8.92. The highest BCUT2D eigenvalue weighted by atomic mass is 16.5. The molecule has 0 aliphatic carbocycles. The first-order valence-electron chi connectivity index (χ1n) is 7.03. The minimum Gasteiger partial charge on any atom is -0.492 e. The van der Waals surface area contributed by atoms with Crippen LogP contribution in [0.5, 0.6) is 0 Å². The number of ether oxygens (including phenoxy) is 1. The Morgan fingerprint density at radius 2 is 2.16 bits per heavy atom. The summed E-state index contributed by atoms with van der Waals surface area (Å²) >= 11 is 0. The highest BCUT2D eigenvalue weighted by Gasteiger charge is 2.16. The highest BCUT2D eigenvalue weighted by molar-refractivity contribution is 6.06. The van der Waals surface area contributed by atoms with Gasteiger partial charge >= 0.3 is 0 Å². The van der Waals surface area contributed by atoms with E-state index in [2.05, 4.69) is 29.0 Å². The third-order valence-corrected chi connectivity index (χ3v) is 3.39. The van der Waals surface area contributed by atoms with Gasteiger partial charge in [-0.25, -0.2) is 0 Å². The van der Waals surface area contributed by atoms with Crippen molar-refractivity contribution in [2.45, 2.75) is 47.0 Å². The minimum atomic E-state index is 0.481. The van der Waals surface area contributed by atoms with Crippen LogP contribution in [0.25, 0.3) is 0 Å². The van der Waals surface area contributed by atoms with Crippen molar-refractivity contribution in [2.24, 2.45) is 21.1 Å². The smallest absolute Gasteiger partial charge is 0.144 e. The number of hydrogen-bond donors (Lipinski definition) is 0. The topological polar surface area (TPSA) is 46.3 Å². The van der Waals surface area contributed by atoms with Gasteiger partial charge in [0.1, 0.15) is 11.5 Å². The molecule has 0 fully saturated rings. The van der Waals surface area contributed by atoms with E-state index in [9.17, 15) is 0 Å². The zero-order valence-corrected chi connectivity index (χ0v) is 12.7. The molecule has 1 aliphatic rings. The Bertz CT molecular complexity index is 419. The molecule has 0 aromatic heterocycles. The lowest BCUT2D eigenvalue weighted by atomic mass is 9.99. The fourth-order valence-corrected chi connectivity index (χ4v) is 1.86. The summed E-state index contributed by atoms with van der Waals surface area (Å²) in [6.07, 6.45) is 4.83. The first-order valence-corrected chi connectivity index (χ1v) is 7.03. The molecule has 0 bridgehead atoms. The predicted molar refractivity (Wildman–Crippen MR) is 82.3 cm³/mol. The molecule has 4 heteroatoms. The average Bonchev–Trinajstić information content (AvgIpc) is 2.58. The Balaban J connectivity index is 3.00. The van der Waals surface area contributed by atoms with E-state index in [-0.39, 0.29) is 0 Å². The second-order valence-corrected chi connectivity index (χ2v) is 4.74. The van der Waals surface area contributed by atoms with Crippen molar-refractivity contribution < 1.29 is 4.74 Å². The lowest BCUT2D eigenvalue weighted by molar-refractivity contribution is 0.248. The van der Waals surface area contributed by atoms with E-state index >= 15 is 0 Å². The van der Waals surface area contributed by atoms with E-state index in [1.807, 2.05) is 19.9 Å². The van der Waals surface area contributed by atoms with Gasteiger partial charge in [0.2, 0.25) is 0 Å². The molecule has 0 saturated heterocycles. The molecule has 1 atom stereocenters. The van der Waals surface area contributed by atoms with Gasteiger partial charge in [-0.2, -0.15) is 10.2 Å². The molecule has 0 radical (unpaired) electrons. The van der Waals surface area contributed by atoms with Crippen LogP contribution in [-0.4, -0.2) is 30.8 Å². The van der Waals surface area contributed by atoms with Crippen molar-refractivity contribution in [3.63, 3.8) is 0 Å². The van der Waals surface area contributed by atoms with Crippen molar-refractivity contribution in [1.82, 2.24) is 0 Å². The van der Waals surface area contributed by atoms with Crippen LogP contribution in [-0.2, 0) is 4.74 Å². The SMILES string of the molecule is CCO/C(=C/C(CC)=NC)C1=NN=C(C)C(C)CC1. The van der Waals surface area contributed by atoms with Gasteiger partial charge in [-0.3, -0.25) is 4.99 Å². The van der Waals surface area contributed by atoms with Crippen LogP contribution < -0.4 is 0 Å². The largest absolute Gasteiger partial charge is 0.492 e. The van der Waals surface area contributed by atoms with Crippen molar-refractivity contribution in [1.29, 1.82) is 0 Å². The van der Waals surface area contributed by atoms with Crippen molar-refractivity contribution in [2.75, 3.05) is 13.7 Å². The standard InChI is InChI=1S/C15H25N3O/c1-6-13(16-5)10-15(19-7-2)14-9-8-11(3)12(4)17-18-14/h10-11H,6-9H2,1-5H3/b15-10+,16-13?. The third kappa shape index (κ3) is 4.62. The number of hydrogen-bond acceptors (Lipinski definition) is 4. The van der Waals surface area contributed by atoms with Gasteiger partial charge in [-0.05, 0) is 39.0 Å². The fourth-order valence-electron chi connectivity index (χ4n) is 1.86. The number of nitrogens with zero attached hydrogens (tertiary/aromatic N) is 3. The van der Waals surface area contributed by atoms with Gasteiger partial charge in [-0.15, -0.1) is 0 Å². The molecule has 4 nitrogen and oxygen atoms in total. The van der Waals surface area contributed by atoms with Crippen LogP contribution in [0.4, 0.5) is 0 Å². The van der Waals surface area contributed by atoms with Crippen LogP contribution in [0.3, 0.4) is 0 Å². The Labute approximate surface area is 116 Å². The zero-order valence-electron chi connectivity index (χ0n) is 12.7. The van der Waals surface area contributed by atoms with E-state index in [1.165, 1.54) is 0 Å². The second-order valence-electron chi connectivity index (χ2n) is 4.74. The molecule has 0 amide bonds. The van der Waals surface area contributed by atoms with Gasteiger partial charge in [0.05, 0.1) is 6.61 Å². The number of rotatable bonds is 5. The molecule has 1 heterocycles. The van der Waals surface area contributed by atoms with E-state index in [0.717, 1.165) is 42.2 Å². The van der Waals surface area contributed by atoms with Crippen LogP contribution in [0, 0.1) is 5.92 Å². The molecule has 0 N–H and O–H groups in total. The summed E-state index contributed by atoms with van der Waals surface area (Å²) in [7, 11) is 1.80. The van der Waals surface area contributed by atoms with Crippen molar-refractivity contribution in [3.8, 4) is 0 Å². The second kappa shape index (κ2) is 7.87. The predicted octanol–water partition coefficient (Wildman–Crippen LogP) is 3.63. The Morgan fingerprint density at radius 3 is 2.74 bits per heavy atom. The molecule has 1 rings (SSSR count). The molecule has 0 saturated carbocycles. The molecule has 0 aromatic rings. The Kier molecular flexibility index (Phi) is 6.46. The Hall–Kier alpha value is -1.45. The maximum atomic E-state index is 5.72. The van der Waals surface area contributed by atoms with Crippen LogP contribution in [0.15, 0.2) is 27.0 Å². The molecule has 1 unspecified atom stereocenters. The van der Waals surface area contributed by atoms with Gasteiger partial charge in [0, 0.05) is 24.5 Å². The maximum Gasteiger partial charge on any atom is 0.144 e. The lowest BCUT2D eigenvalue weighted by Crippen LogP contribution is -2.10. The fraction of sp³-hybridized carbons (Fsp3) is 0.667. The third-order valence-electron chi connectivity index (χ3n) is 3.39. The molecule has 106 valence electrons. The van der Waals surface area contributed by atoms with Crippen molar-refractivity contribution in [3.05, 3.63) is 11.8 Å². The van der Waals surface area contributed by atoms with E-state index < -0.39 is 0 Å². The molecule has 1 aliphatic heterocycles. The van der Waals surface area contributed by atoms with E-state index in [0.29, 0.717) is 12.5 Å². The average molecular weight is 263 g/mol. The van der Waals surface area contributed by atoms with Crippen LogP contribution in [0.2, 0.25) is 0 Å². The Morgan fingerprint density at radius 1 is 1.42 bits per heavy atom. The normalized spacial score (nSPS) is 21.6. The summed E-state index contributed by atoms with van der Waals surface area (Å²) in [6, 6.07) is 0. The van der Waals surface area contributed by atoms with E-state index in [1.54, 1.807) is 7.05 Å².